The molecule has 6 nitrogen and oxygen atoms in total. The van der Waals surface area contributed by atoms with E-state index in [1.807, 2.05) is 50.2 Å². The van der Waals surface area contributed by atoms with Gasteiger partial charge in [0.25, 0.3) is 5.91 Å². The predicted octanol–water partition coefficient (Wildman–Crippen LogP) is 4.34. The molecule has 0 spiro atoms. The Morgan fingerprint density at radius 2 is 1.81 bits per heavy atom. The largest absolute Gasteiger partial charge is 0.497 e. The molecule has 0 bridgehead atoms. The molecule has 1 fully saturated rings. The van der Waals surface area contributed by atoms with Crippen LogP contribution >= 0.6 is 0 Å². The van der Waals surface area contributed by atoms with Crippen LogP contribution in [0.1, 0.15) is 35.1 Å². The van der Waals surface area contributed by atoms with Gasteiger partial charge in [0.15, 0.2) is 6.61 Å². The molecule has 0 unspecified atom stereocenters. The molecule has 162 valence electrons. The molecule has 0 saturated heterocycles. The molecule has 0 aliphatic heterocycles. The number of methoxy groups -OCH3 is 1. The van der Waals surface area contributed by atoms with E-state index in [0.717, 1.165) is 51.8 Å². The van der Waals surface area contributed by atoms with E-state index in [1.165, 1.54) is 0 Å². The number of fused-ring (bicyclic) bond motifs is 1. The number of carbonyl (C=O) groups excluding carboxylic acids is 2. The summed E-state index contributed by atoms with van der Waals surface area (Å²) in [4.78, 5) is 27.0. The van der Waals surface area contributed by atoms with E-state index in [1.54, 1.807) is 18.3 Å². The average molecular weight is 421 g/mol. The van der Waals surface area contributed by atoms with Crippen LogP contribution in [0.5, 0.6) is 5.75 Å². The molecular weight excluding hydrogens is 394 g/mol. The lowest BCUT2D eigenvalue weighted by Gasteiger charge is -2.22. The molecule has 0 N–H and O–H groups in total. The first-order chi connectivity index (χ1) is 14.9. The van der Waals surface area contributed by atoms with Gasteiger partial charge >= 0.3 is 5.97 Å². The third kappa shape index (κ3) is 4.90. The number of rotatable bonds is 8. The fraction of sp³-hybridized carbons (Fsp3) is 0.360. The molecule has 3 aromatic rings. The van der Waals surface area contributed by atoms with Crippen LogP contribution in [0.3, 0.4) is 0 Å². The van der Waals surface area contributed by atoms with E-state index in [0.29, 0.717) is 6.54 Å². The molecule has 1 aliphatic carbocycles. The monoisotopic (exact) mass is 421 g/mol. The number of ether oxygens (including phenoxy) is 2. The Labute approximate surface area is 181 Å². The second-order valence-corrected chi connectivity index (χ2v) is 8.13. The van der Waals surface area contributed by atoms with E-state index in [9.17, 15) is 9.59 Å². The maximum Gasteiger partial charge on any atom is 0.310 e. The molecule has 1 aliphatic rings. The molecular formula is C25H27NO5. The van der Waals surface area contributed by atoms with Gasteiger partial charge in [0.05, 0.1) is 19.8 Å². The number of esters is 1. The number of amides is 1. The minimum Gasteiger partial charge on any atom is -0.497 e. The molecule has 2 aromatic carbocycles. The maximum absolute atomic E-state index is 12.8. The molecule has 1 heterocycles. The predicted molar refractivity (Wildman–Crippen MR) is 117 cm³/mol. The molecule has 1 amide bonds. The normalized spacial score (nSPS) is 13.3. The molecule has 1 saturated carbocycles. The summed E-state index contributed by atoms with van der Waals surface area (Å²) in [5, 5.41) is 0.908. The summed E-state index contributed by atoms with van der Waals surface area (Å²) in [7, 11) is 1.62. The van der Waals surface area contributed by atoms with Crippen molar-refractivity contribution < 1.29 is 23.5 Å². The van der Waals surface area contributed by atoms with Crippen LogP contribution in [0, 0.1) is 13.8 Å². The van der Waals surface area contributed by atoms with E-state index in [-0.39, 0.29) is 25.0 Å². The smallest absolute Gasteiger partial charge is 0.310 e. The highest BCUT2D eigenvalue weighted by molar-refractivity contribution is 5.88. The average Bonchev–Trinajstić information content (AvgIpc) is 3.54. The zero-order valence-electron chi connectivity index (χ0n) is 18.1. The fourth-order valence-electron chi connectivity index (χ4n) is 3.64. The highest BCUT2D eigenvalue weighted by atomic mass is 16.5. The first-order valence-electron chi connectivity index (χ1n) is 10.5. The SMILES string of the molecule is COc1ccc(CN(C(=O)COC(=O)Cc2coc3cc(C)c(C)cc23)C2CC2)cc1. The van der Waals surface area contributed by atoms with Gasteiger partial charge in [-0.05, 0) is 67.6 Å². The number of carbonyl (C=O) groups is 2. The molecule has 31 heavy (non-hydrogen) atoms. The van der Waals surface area contributed by atoms with Crippen LogP contribution in [-0.4, -0.2) is 36.5 Å². The van der Waals surface area contributed by atoms with Crippen molar-refractivity contribution in [3.05, 3.63) is 64.9 Å². The van der Waals surface area contributed by atoms with Crippen molar-refractivity contribution in [1.82, 2.24) is 4.90 Å². The van der Waals surface area contributed by atoms with Crippen LogP contribution in [-0.2, 0) is 27.3 Å². The lowest BCUT2D eigenvalue weighted by Crippen LogP contribution is -2.36. The minimum atomic E-state index is -0.436. The minimum absolute atomic E-state index is 0.0741. The lowest BCUT2D eigenvalue weighted by atomic mass is 10.0. The number of furan rings is 1. The Morgan fingerprint density at radius 3 is 2.48 bits per heavy atom. The zero-order chi connectivity index (χ0) is 22.0. The van der Waals surface area contributed by atoms with Crippen molar-refractivity contribution in [1.29, 1.82) is 0 Å². The topological polar surface area (TPSA) is 69.0 Å². The van der Waals surface area contributed by atoms with Crippen molar-refractivity contribution in [2.75, 3.05) is 13.7 Å². The Hall–Kier alpha value is -3.28. The number of hydrogen-bond donors (Lipinski definition) is 0. The summed E-state index contributed by atoms with van der Waals surface area (Å²) < 4.78 is 16.1. The van der Waals surface area contributed by atoms with Gasteiger partial charge in [-0.1, -0.05) is 12.1 Å². The van der Waals surface area contributed by atoms with Crippen LogP contribution in [0.25, 0.3) is 11.0 Å². The second kappa shape index (κ2) is 8.84. The summed E-state index contributed by atoms with van der Waals surface area (Å²) in [6.45, 7) is 4.29. The van der Waals surface area contributed by atoms with Gasteiger partial charge in [0.2, 0.25) is 0 Å². The lowest BCUT2D eigenvalue weighted by molar-refractivity contribution is -0.152. The van der Waals surface area contributed by atoms with Crippen molar-refractivity contribution in [2.24, 2.45) is 0 Å². The van der Waals surface area contributed by atoms with Gasteiger partial charge in [-0.15, -0.1) is 0 Å². The first kappa shape index (κ1) is 21.0. The second-order valence-electron chi connectivity index (χ2n) is 8.13. The number of aryl methyl sites for hydroxylation is 2. The highest BCUT2D eigenvalue weighted by Gasteiger charge is 2.33. The summed E-state index contributed by atoms with van der Waals surface area (Å²) in [5.41, 5.74) is 4.81. The Bertz CT molecular complexity index is 1100. The van der Waals surface area contributed by atoms with Gasteiger partial charge in [-0.2, -0.15) is 0 Å². The van der Waals surface area contributed by atoms with Crippen molar-refractivity contribution in [2.45, 2.75) is 45.7 Å². The standard InChI is InChI=1S/C25H27NO5/c1-16-10-22-19(14-30-23(22)11-17(16)2)12-25(28)31-15-24(27)26(20-6-7-20)13-18-4-8-21(29-3)9-5-18/h4-5,8-11,14,20H,6-7,12-13,15H2,1-3H3. The fourth-order valence-corrected chi connectivity index (χ4v) is 3.64. The van der Waals surface area contributed by atoms with Crippen LogP contribution in [0.2, 0.25) is 0 Å². The highest BCUT2D eigenvalue weighted by Crippen LogP contribution is 2.29. The van der Waals surface area contributed by atoms with E-state index in [4.69, 9.17) is 13.9 Å². The van der Waals surface area contributed by atoms with Crippen LogP contribution < -0.4 is 4.74 Å². The van der Waals surface area contributed by atoms with Gasteiger partial charge in [-0.25, -0.2) is 0 Å². The van der Waals surface area contributed by atoms with E-state index < -0.39 is 5.97 Å². The Morgan fingerprint density at radius 1 is 1.10 bits per heavy atom. The first-order valence-corrected chi connectivity index (χ1v) is 10.5. The molecule has 0 radical (unpaired) electrons. The molecule has 0 atom stereocenters. The van der Waals surface area contributed by atoms with Crippen LogP contribution in [0.4, 0.5) is 0 Å². The van der Waals surface area contributed by atoms with E-state index >= 15 is 0 Å². The number of hydrogen-bond acceptors (Lipinski definition) is 5. The third-order valence-electron chi connectivity index (χ3n) is 5.78. The zero-order valence-corrected chi connectivity index (χ0v) is 18.1. The van der Waals surface area contributed by atoms with Gasteiger partial charge < -0.3 is 18.8 Å². The van der Waals surface area contributed by atoms with Crippen molar-refractivity contribution in [3.8, 4) is 5.75 Å². The summed E-state index contributed by atoms with van der Waals surface area (Å²) in [6, 6.07) is 11.9. The number of benzene rings is 2. The summed E-state index contributed by atoms with van der Waals surface area (Å²) in [6.07, 6.45) is 3.63. The third-order valence-corrected chi connectivity index (χ3v) is 5.78. The number of nitrogens with zero attached hydrogens (tertiary/aromatic N) is 1. The molecule has 6 heteroatoms. The van der Waals surface area contributed by atoms with E-state index in [2.05, 4.69) is 0 Å². The van der Waals surface area contributed by atoms with Gasteiger partial charge in [0, 0.05) is 23.5 Å². The Kier molecular flexibility index (Phi) is 5.98. The summed E-state index contributed by atoms with van der Waals surface area (Å²) >= 11 is 0. The molecule has 1 aromatic heterocycles. The van der Waals surface area contributed by atoms with Crippen LogP contribution in [0.15, 0.2) is 47.1 Å². The Balaban J connectivity index is 1.35. The van der Waals surface area contributed by atoms with Crippen molar-refractivity contribution in [3.63, 3.8) is 0 Å². The van der Waals surface area contributed by atoms with Gasteiger partial charge in [0.1, 0.15) is 11.3 Å². The quantitative estimate of drug-likeness (QED) is 0.506. The maximum atomic E-state index is 12.8. The van der Waals surface area contributed by atoms with Gasteiger partial charge in [-0.3, -0.25) is 9.59 Å². The molecule has 4 rings (SSSR count). The summed E-state index contributed by atoms with van der Waals surface area (Å²) in [5.74, 6) is 0.170. The van der Waals surface area contributed by atoms with Crippen molar-refractivity contribution >= 4 is 22.8 Å².